The molecule has 0 aliphatic rings. The minimum Gasteiger partial charge on any atom is -0.467 e. The number of benzene rings is 1. The molecule has 0 bridgehead atoms. The van der Waals surface area contributed by atoms with E-state index in [1.807, 2.05) is 66.3 Å². The standard InChI is InChI=1S/C25H32N4O4/c1-27-13-6-11-22(27)18-29(19-23-12-7-16-33-23)24(30)20-28(14-8-15-32-2)25(31)26-17-21-9-4-3-5-10-21/h3-7,9-13,16H,8,14-15,17-20H2,1-2H3,(H,26,31). The Labute approximate surface area is 194 Å². The van der Waals surface area contributed by atoms with Crippen LogP contribution in [0.4, 0.5) is 4.79 Å². The zero-order valence-corrected chi connectivity index (χ0v) is 19.3. The number of ether oxygens (including phenoxy) is 1. The Morgan fingerprint density at radius 1 is 1.03 bits per heavy atom. The van der Waals surface area contributed by atoms with Gasteiger partial charge in [-0.3, -0.25) is 4.79 Å². The Hall–Kier alpha value is -3.52. The van der Waals surface area contributed by atoms with Crippen LogP contribution in [0, 0.1) is 0 Å². The summed E-state index contributed by atoms with van der Waals surface area (Å²) in [5.41, 5.74) is 1.99. The van der Waals surface area contributed by atoms with Crippen molar-refractivity contribution in [2.75, 3.05) is 26.8 Å². The molecule has 2 heterocycles. The first-order chi connectivity index (χ1) is 16.1. The minimum atomic E-state index is -0.278. The summed E-state index contributed by atoms with van der Waals surface area (Å²) in [6.45, 7) is 2.04. The number of urea groups is 1. The Bertz CT molecular complexity index is 985. The molecule has 0 aliphatic carbocycles. The Balaban J connectivity index is 1.69. The van der Waals surface area contributed by atoms with Gasteiger partial charge in [-0.05, 0) is 36.2 Å². The van der Waals surface area contributed by atoms with Crippen LogP contribution in [-0.2, 0) is 36.2 Å². The van der Waals surface area contributed by atoms with E-state index in [0.717, 1.165) is 11.3 Å². The maximum Gasteiger partial charge on any atom is 0.318 e. The lowest BCUT2D eigenvalue weighted by Crippen LogP contribution is -2.47. The summed E-state index contributed by atoms with van der Waals surface area (Å²) in [6.07, 6.45) is 4.17. The lowest BCUT2D eigenvalue weighted by atomic mass is 10.2. The quantitative estimate of drug-likeness (QED) is 0.427. The van der Waals surface area contributed by atoms with Gasteiger partial charge in [-0.1, -0.05) is 30.3 Å². The molecule has 0 unspecified atom stereocenters. The molecule has 2 aromatic heterocycles. The van der Waals surface area contributed by atoms with E-state index in [0.29, 0.717) is 45.0 Å². The van der Waals surface area contributed by atoms with Crippen molar-refractivity contribution in [3.8, 4) is 0 Å². The van der Waals surface area contributed by atoms with Gasteiger partial charge in [0.25, 0.3) is 0 Å². The first-order valence-electron chi connectivity index (χ1n) is 11.0. The fraction of sp³-hybridized carbons (Fsp3) is 0.360. The van der Waals surface area contributed by atoms with Gasteiger partial charge in [0, 0.05) is 45.7 Å². The first kappa shape index (κ1) is 24.1. The molecule has 1 N–H and O–H groups in total. The number of furan rings is 1. The average molecular weight is 453 g/mol. The third-order valence-corrected chi connectivity index (χ3v) is 5.36. The minimum absolute atomic E-state index is 0.0323. The lowest BCUT2D eigenvalue weighted by molar-refractivity contribution is -0.133. The summed E-state index contributed by atoms with van der Waals surface area (Å²) in [4.78, 5) is 29.5. The fourth-order valence-corrected chi connectivity index (χ4v) is 3.48. The van der Waals surface area contributed by atoms with E-state index in [9.17, 15) is 9.59 Å². The van der Waals surface area contributed by atoms with Crippen molar-refractivity contribution in [2.24, 2.45) is 7.05 Å². The van der Waals surface area contributed by atoms with Crippen LogP contribution in [0.15, 0.2) is 71.5 Å². The molecule has 0 saturated heterocycles. The Morgan fingerprint density at radius 3 is 2.52 bits per heavy atom. The van der Waals surface area contributed by atoms with Gasteiger partial charge in [-0.15, -0.1) is 0 Å². The van der Waals surface area contributed by atoms with Crippen LogP contribution in [0.2, 0.25) is 0 Å². The number of carbonyl (C=O) groups is 2. The molecule has 3 amide bonds. The monoisotopic (exact) mass is 452 g/mol. The summed E-state index contributed by atoms with van der Waals surface area (Å²) < 4.78 is 12.6. The van der Waals surface area contributed by atoms with E-state index in [4.69, 9.17) is 9.15 Å². The van der Waals surface area contributed by atoms with Crippen molar-refractivity contribution < 1.29 is 18.7 Å². The normalized spacial score (nSPS) is 10.7. The van der Waals surface area contributed by atoms with Crippen molar-refractivity contribution in [1.29, 1.82) is 0 Å². The van der Waals surface area contributed by atoms with Gasteiger partial charge >= 0.3 is 6.03 Å². The van der Waals surface area contributed by atoms with Gasteiger partial charge in [0.2, 0.25) is 5.91 Å². The first-order valence-corrected chi connectivity index (χ1v) is 11.0. The molecule has 0 saturated carbocycles. The molecule has 33 heavy (non-hydrogen) atoms. The van der Waals surface area contributed by atoms with Gasteiger partial charge in [0.15, 0.2) is 0 Å². The lowest BCUT2D eigenvalue weighted by Gasteiger charge is -2.27. The van der Waals surface area contributed by atoms with Crippen LogP contribution in [0.3, 0.4) is 0 Å². The molecule has 0 atom stereocenters. The van der Waals surface area contributed by atoms with Gasteiger partial charge in [-0.2, -0.15) is 0 Å². The zero-order valence-electron chi connectivity index (χ0n) is 19.3. The number of carbonyl (C=O) groups excluding carboxylic acids is 2. The maximum atomic E-state index is 13.4. The smallest absolute Gasteiger partial charge is 0.318 e. The number of hydrogen-bond acceptors (Lipinski definition) is 4. The molecule has 0 fully saturated rings. The molecule has 0 radical (unpaired) electrons. The van der Waals surface area contributed by atoms with E-state index in [-0.39, 0.29) is 18.5 Å². The predicted octanol–water partition coefficient (Wildman–Crippen LogP) is 3.40. The second-order valence-electron chi connectivity index (χ2n) is 7.85. The molecule has 0 aliphatic heterocycles. The molecule has 3 rings (SSSR count). The number of rotatable bonds is 12. The van der Waals surface area contributed by atoms with Crippen LogP contribution in [0.1, 0.15) is 23.4 Å². The van der Waals surface area contributed by atoms with Gasteiger partial charge in [0.05, 0.1) is 19.4 Å². The third kappa shape index (κ3) is 7.54. The second kappa shape index (κ2) is 12.5. The number of nitrogens with zero attached hydrogens (tertiary/aromatic N) is 3. The van der Waals surface area contributed by atoms with Crippen molar-refractivity contribution in [3.63, 3.8) is 0 Å². The van der Waals surface area contributed by atoms with Crippen molar-refractivity contribution in [3.05, 3.63) is 84.1 Å². The number of hydrogen-bond donors (Lipinski definition) is 1. The summed E-state index contributed by atoms with van der Waals surface area (Å²) in [5, 5.41) is 2.92. The van der Waals surface area contributed by atoms with Crippen molar-refractivity contribution >= 4 is 11.9 Å². The molecule has 0 spiro atoms. The van der Waals surface area contributed by atoms with Gasteiger partial charge in [0.1, 0.15) is 12.3 Å². The average Bonchev–Trinajstić information content (AvgIpc) is 3.49. The summed E-state index contributed by atoms with van der Waals surface area (Å²) in [6, 6.07) is 17.0. The zero-order chi connectivity index (χ0) is 23.5. The van der Waals surface area contributed by atoms with Crippen LogP contribution in [0.5, 0.6) is 0 Å². The Kier molecular flexibility index (Phi) is 9.14. The maximum absolute atomic E-state index is 13.4. The summed E-state index contributed by atoms with van der Waals surface area (Å²) >= 11 is 0. The summed E-state index contributed by atoms with van der Waals surface area (Å²) in [5.74, 6) is 0.539. The van der Waals surface area contributed by atoms with E-state index in [2.05, 4.69) is 5.32 Å². The third-order valence-electron chi connectivity index (χ3n) is 5.36. The van der Waals surface area contributed by atoms with Crippen LogP contribution in [0.25, 0.3) is 0 Å². The molecular formula is C25H32N4O4. The highest BCUT2D eigenvalue weighted by Gasteiger charge is 2.23. The van der Waals surface area contributed by atoms with Crippen LogP contribution in [-0.4, -0.2) is 53.1 Å². The number of nitrogens with one attached hydrogen (secondary N) is 1. The second-order valence-corrected chi connectivity index (χ2v) is 7.85. The van der Waals surface area contributed by atoms with Crippen molar-refractivity contribution in [2.45, 2.75) is 26.1 Å². The molecular weight excluding hydrogens is 420 g/mol. The van der Waals surface area contributed by atoms with Gasteiger partial charge < -0.3 is 28.8 Å². The highest BCUT2D eigenvalue weighted by Crippen LogP contribution is 2.12. The Morgan fingerprint density at radius 2 is 1.85 bits per heavy atom. The van der Waals surface area contributed by atoms with Gasteiger partial charge in [-0.25, -0.2) is 4.79 Å². The molecule has 8 nitrogen and oxygen atoms in total. The predicted molar refractivity (Wildman–Crippen MR) is 125 cm³/mol. The fourth-order valence-electron chi connectivity index (χ4n) is 3.48. The topological polar surface area (TPSA) is 80.0 Å². The SMILES string of the molecule is COCCCN(CC(=O)N(Cc1ccco1)Cc1cccn1C)C(=O)NCc1ccccc1. The van der Waals surface area contributed by atoms with Crippen LogP contribution < -0.4 is 5.32 Å². The van der Waals surface area contributed by atoms with Crippen molar-refractivity contribution in [1.82, 2.24) is 19.7 Å². The largest absolute Gasteiger partial charge is 0.467 e. The molecule has 176 valence electrons. The molecule has 1 aromatic carbocycles. The number of methoxy groups -OCH3 is 1. The molecule has 3 aromatic rings. The number of amides is 3. The van der Waals surface area contributed by atoms with E-state index in [1.165, 1.54) is 0 Å². The number of aromatic nitrogens is 1. The molecule has 8 heteroatoms. The summed E-state index contributed by atoms with van der Waals surface area (Å²) in [7, 11) is 3.56. The van der Waals surface area contributed by atoms with E-state index < -0.39 is 0 Å². The highest BCUT2D eigenvalue weighted by molar-refractivity contribution is 5.84. The highest BCUT2D eigenvalue weighted by atomic mass is 16.5. The van der Waals surface area contributed by atoms with E-state index in [1.54, 1.807) is 29.2 Å². The van der Waals surface area contributed by atoms with Crippen LogP contribution >= 0.6 is 0 Å². The number of aryl methyl sites for hydroxylation is 1. The van der Waals surface area contributed by atoms with E-state index >= 15 is 0 Å².